The Morgan fingerprint density at radius 3 is 2.58 bits per heavy atom. The Labute approximate surface area is 73.9 Å². The predicted molar refractivity (Wildman–Crippen MR) is 53.8 cm³/mol. The minimum Gasteiger partial charge on any atom is -0.324 e. The highest BCUT2D eigenvalue weighted by Gasteiger charge is 2.01. The van der Waals surface area contributed by atoms with Crippen LogP contribution in [0.1, 0.15) is 31.0 Å². The van der Waals surface area contributed by atoms with Crippen molar-refractivity contribution in [3.05, 3.63) is 41.5 Å². The molecule has 0 bridgehead atoms. The number of allylic oxidation sites excluding steroid dienone is 1. The molecule has 0 aromatic heterocycles. The summed E-state index contributed by atoms with van der Waals surface area (Å²) in [5.41, 5.74) is 8.23. The molecule has 0 aliphatic carbocycles. The third-order valence-corrected chi connectivity index (χ3v) is 1.83. The topological polar surface area (TPSA) is 26.0 Å². The Morgan fingerprint density at radius 2 is 2.00 bits per heavy atom. The van der Waals surface area contributed by atoms with Crippen LogP contribution in [0.25, 0.3) is 6.08 Å². The van der Waals surface area contributed by atoms with E-state index in [4.69, 9.17) is 5.73 Å². The van der Waals surface area contributed by atoms with E-state index in [9.17, 15) is 0 Å². The Morgan fingerprint density at radius 1 is 1.33 bits per heavy atom. The monoisotopic (exact) mass is 161 g/mol. The maximum absolute atomic E-state index is 5.81. The van der Waals surface area contributed by atoms with Gasteiger partial charge < -0.3 is 5.73 Å². The molecule has 0 heterocycles. The Bertz CT molecular complexity index is 274. The lowest BCUT2D eigenvalue weighted by atomic mass is 10.0. The lowest BCUT2D eigenvalue weighted by Crippen LogP contribution is -2.06. The second kappa shape index (κ2) is 4.07. The second-order valence-electron chi connectivity index (χ2n) is 2.92. The van der Waals surface area contributed by atoms with Gasteiger partial charge in [0.1, 0.15) is 0 Å². The van der Waals surface area contributed by atoms with Crippen LogP contribution in [0.4, 0.5) is 0 Å². The van der Waals surface area contributed by atoms with Crippen LogP contribution < -0.4 is 5.73 Å². The molecule has 0 aliphatic heterocycles. The van der Waals surface area contributed by atoms with Crippen molar-refractivity contribution in [2.24, 2.45) is 5.73 Å². The first-order valence-corrected chi connectivity index (χ1v) is 4.23. The maximum atomic E-state index is 5.81. The highest BCUT2D eigenvalue weighted by molar-refractivity contribution is 5.54. The fourth-order valence-corrected chi connectivity index (χ4v) is 1.26. The van der Waals surface area contributed by atoms with Crippen LogP contribution in [0, 0.1) is 0 Å². The second-order valence-corrected chi connectivity index (χ2v) is 2.92. The van der Waals surface area contributed by atoms with Gasteiger partial charge in [0.15, 0.2) is 0 Å². The van der Waals surface area contributed by atoms with Gasteiger partial charge >= 0.3 is 0 Å². The Kier molecular flexibility index (Phi) is 3.06. The smallest absolute Gasteiger partial charge is 0.0272 e. The molecule has 12 heavy (non-hydrogen) atoms. The van der Waals surface area contributed by atoms with Crippen LogP contribution in [-0.2, 0) is 0 Å². The van der Waals surface area contributed by atoms with Crippen LogP contribution >= 0.6 is 0 Å². The van der Waals surface area contributed by atoms with E-state index < -0.39 is 0 Å². The molecule has 1 aromatic carbocycles. The summed E-state index contributed by atoms with van der Waals surface area (Å²) < 4.78 is 0. The van der Waals surface area contributed by atoms with Crippen molar-refractivity contribution >= 4 is 6.08 Å². The summed E-state index contributed by atoms with van der Waals surface area (Å²) in [5.74, 6) is 0. The zero-order valence-electron chi connectivity index (χ0n) is 7.62. The third kappa shape index (κ3) is 1.95. The van der Waals surface area contributed by atoms with Crippen molar-refractivity contribution < 1.29 is 0 Å². The molecule has 2 N–H and O–H groups in total. The summed E-state index contributed by atoms with van der Waals surface area (Å²) in [6.07, 6.45) is 4.11. The predicted octanol–water partition coefficient (Wildman–Crippen LogP) is 2.74. The zero-order valence-corrected chi connectivity index (χ0v) is 7.62. The molecule has 64 valence electrons. The highest BCUT2D eigenvalue weighted by Crippen LogP contribution is 2.16. The number of rotatable bonds is 2. The standard InChI is InChI=1S/C11H15N/c1-3-6-10-7-4-5-8-11(10)9(2)12/h3-9H,12H2,1-2H3/b6-3+/t9-/m0/s1. The maximum Gasteiger partial charge on any atom is 0.0272 e. The van der Waals surface area contributed by atoms with E-state index in [0.29, 0.717) is 0 Å². The summed E-state index contributed by atoms with van der Waals surface area (Å²) in [6.45, 7) is 4.01. The van der Waals surface area contributed by atoms with Crippen molar-refractivity contribution in [1.82, 2.24) is 0 Å². The van der Waals surface area contributed by atoms with Crippen molar-refractivity contribution in [1.29, 1.82) is 0 Å². The summed E-state index contributed by atoms with van der Waals surface area (Å²) >= 11 is 0. The fraction of sp³-hybridized carbons (Fsp3) is 0.273. The summed E-state index contributed by atoms with van der Waals surface area (Å²) in [5, 5.41) is 0. The van der Waals surface area contributed by atoms with E-state index in [1.54, 1.807) is 0 Å². The largest absolute Gasteiger partial charge is 0.324 e. The first kappa shape index (κ1) is 9.01. The number of hydrogen-bond acceptors (Lipinski definition) is 1. The molecule has 1 rings (SSSR count). The normalized spacial score (nSPS) is 13.6. The zero-order chi connectivity index (χ0) is 8.97. The number of hydrogen-bond donors (Lipinski definition) is 1. The average molecular weight is 161 g/mol. The van der Waals surface area contributed by atoms with Gasteiger partial charge in [-0.25, -0.2) is 0 Å². The van der Waals surface area contributed by atoms with Crippen molar-refractivity contribution in [3.63, 3.8) is 0 Å². The van der Waals surface area contributed by atoms with Crippen LogP contribution in [0.2, 0.25) is 0 Å². The lowest BCUT2D eigenvalue weighted by Gasteiger charge is -2.08. The SMILES string of the molecule is C/C=C/c1ccccc1[C@H](C)N. The number of nitrogens with two attached hydrogens (primary N) is 1. The molecular formula is C11H15N. The van der Waals surface area contributed by atoms with Crippen LogP contribution in [0.3, 0.4) is 0 Å². The van der Waals surface area contributed by atoms with E-state index in [0.717, 1.165) is 0 Å². The van der Waals surface area contributed by atoms with Gasteiger partial charge in [-0.1, -0.05) is 36.4 Å². The molecule has 1 nitrogen and oxygen atoms in total. The molecule has 0 amide bonds. The van der Waals surface area contributed by atoms with E-state index in [-0.39, 0.29) is 6.04 Å². The molecule has 0 spiro atoms. The van der Waals surface area contributed by atoms with Gasteiger partial charge in [0, 0.05) is 6.04 Å². The van der Waals surface area contributed by atoms with Crippen LogP contribution in [0.5, 0.6) is 0 Å². The minimum absolute atomic E-state index is 0.109. The Hall–Kier alpha value is -1.08. The molecule has 0 fully saturated rings. The summed E-state index contributed by atoms with van der Waals surface area (Å²) in [6, 6.07) is 8.31. The van der Waals surface area contributed by atoms with Gasteiger partial charge in [-0.05, 0) is 25.0 Å². The molecule has 1 atom stereocenters. The van der Waals surface area contributed by atoms with Gasteiger partial charge in [-0.3, -0.25) is 0 Å². The number of benzene rings is 1. The molecular weight excluding hydrogens is 146 g/mol. The van der Waals surface area contributed by atoms with Crippen LogP contribution in [0.15, 0.2) is 30.3 Å². The van der Waals surface area contributed by atoms with Crippen LogP contribution in [-0.4, -0.2) is 0 Å². The van der Waals surface area contributed by atoms with Crippen molar-refractivity contribution in [2.75, 3.05) is 0 Å². The van der Waals surface area contributed by atoms with E-state index >= 15 is 0 Å². The summed E-state index contributed by atoms with van der Waals surface area (Å²) in [7, 11) is 0. The molecule has 0 radical (unpaired) electrons. The van der Waals surface area contributed by atoms with E-state index in [1.165, 1.54) is 11.1 Å². The van der Waals surface area contributed by atoms with Gasteiger partial charge in [0.2, 0.25) is 0 Å². The lowest BCUT2D eigenvalue weighted by molar-refractivity contribution is 0.816. The molecule has 0 saturated carbocycles. The first-order chi connectivity index (χ1) is 5.75. The molecule has 0 unspecified atom stereocenters. The quantitative estimate of drug-likeness (QED) is 0.709. The average Bonchev–Trinajstić information content (AvgIpc) is 2.05. The van der Waals surface area contributed by atoms with E-state index in [2.05, 4.69) is 18.2 Å². The van der Waals surface area contributed by atoms with Crippen molar-refractivity contribution in [3.8, 4) is 0 Å². The first-order valence-electron chi connectivity index (χ1n) is 4.23. The third-order valence-electron chi connectivity index (χ3n) is 1.83. The van der Waals surface area contributed by atoms with Crippen molar-refractivity contribution in [2.45, 2.75) is 19.9 Å². The highest BCUT2D eigenvalue weighted by atomic mass is 14.6. The van der Waals surface area contributed by atoms with E-state index in [1.807, 2.05) is 32.1 Å². The molecule has 1 aromatic rings. The fourth-order valence-electron chi connectivity index (χ4n) is 1.26. The summed E-state index contributed by atoms with van der Waals surface area (Å²) in [4.78, 5) is 0. The molecule has 0 aliphatic rings. The van der Waals surface area contributed by atoms with Gasteiger partial charge in [0.05, 0.1) is 0 Å². The Balaban J connectivity index is 3.08. The van der Waals surface area contributed by atoms with Gasteiger partial charge in [-0.2, -0.15) is 0 Å². The molecule has 1 heteroatoms. The van der Waals surface area contributed by atoms with Gasteiger partial charge in [-0.15, -0.1) is 0 Å². The van der Waals surface area contributed by atoms with Gasteiger partial charge in [0.25, 0.3) is 0 Å². The molecule has 0 saturated heterocycles. The minimum atomic E-state index is 0.109.